The lowest BCUT2D eigenvalue weighted by Crippen LogP contribution is -1.89. The van der Waals surface area contributed by atoms with E-state index in [4.69, 9.17) is 62.7 Å². The van der Waals surface area contributed by atoms with E-state index >= 15 is 0 Å². The van der Waals surface area contributed by atoms with E-state index in [2.05, 4.69) is 0 Å². The predicted octanol–water partition coefficient (Wildman–Crippen LogP) is 5.02. The van der Waals surface area contributed by atoms with E-state index in [1.807, 2.05) is 0 Å². The van der Waals surface area contributed by atoms with Gasteiger partial charge in [-0.15, -0.1) is 0 Å². The van der Waals surface area contributed by atoms with Gasteiger partial charge in [0.15, 0.2) is 0 Å². The van der Waals surface area contributed by atoms with Crippen LogP contribution < -0.4 is 0 Å². The van der Waals surface area contributed by atoms with Crippen LogP contribution in [0.5, 0.6) is 0 Å². The minimum atomic E-state index is -0.109. The quantitative estimate of drug-likeness (QED) is 0.402. The zero-order valence-corrected chi connectivity index (χ0v) is 10.4. The average molecular weight is 292 g/mol. The molecule has 0 aromatic heterocycles. The Labute approximate surface area is 106 Å². The molecule has 0 spiro atoms. The normalized spacial score (nSPS) is 19.9. The molecule has 1 unspecified atom stereocenters. The third-order valence-corrected chi connectivity index (χ3v) is 4.21. The van der Waals surface area contributed by atoms with Crippen LogP contribution in [0.15, 0.2) is 0 Å². The van der Waals surface area contributed by atoms with Crippen LogP contribution in [0.4, 0.5) is 0 Å². The second-order valence-corrected chi connectivity index (χ2v) is 4.70. The highest BCUT2D eigenvalue weighted by Crippen LogP contribution is 2.49. The van der Waals surface area contributed by atoms with Gasteiger partial charge in [-0.05, 0) is 0 Å². The lowest BCUT2D eigenvalue weighted by molar-refractivity contribution is 0.416. The molecular formula is C8H3Cl5O. The first kappa shape index (κ1) is 11.1. The van der Waals surface area contributed by atoms with Gasteiger partial charge in [-0.25, -0.2) is 0 Å². The molecule has 0 radical (unpaired) electrons. The van der Waals surface area contributed by atoms with Gasteiger partial charge in [0.2, 0.25) is 0 Å². The van der Waals surface area contributed by atoms with Gasteiger partial charge in [0.05, 0.1) is 31.7 Å². The third kappa shape index (κ3) is 1.71. The van der Waals surface area contributed by atoms with Crippen molar-refractivity contribution in [2.45, 2.75) is 6.10 Å². The van der Waals surface area contributed by atoms with E-state index in [1.165, 1.54) is 0 Å². The Morgan fingerprint density at radius 3 is 1.50 bits per heavy atom. The fourth-order valence-electron chi connectivity index (χ4n) is 1.12. The molecule has 1 nitrogen and oxygen atoms in total. The van der Waals surface area contributed by atoms with Crippen molar-refractivity contribution in [3.8, 4) is 0 Å². The summed E-state index contributed by atoms with van der Waals surface area (Å²) in [5.74, 6) is 0. The van der Waals surface area contributed by atoms with Gasteiger partial charge < -0.3 is 4.74 Å². The van der Waals surface area contributed by atoms with Gasteiger partial charge in [-0.2, -0.15) is 0 Å². The zero-order valence-electron chi connectivity index (χ0n) is 6.58. The number of ether oxygens (including phenoxy) is 1. The largest absolute Gasteiger partial charge is 0.368 e. The van der Waals surface area contributed by atoms with E-state index < -0.39 is 0 Å². The summed E-state index contributed by atoms with van der Waals surface area (Å²) in [6, 6.07) is 0. The van der Waals surface area contributed by atoms with Crippen molar-refractivity contribution in [1.29, 1.82) is 0 Å². The van der Waals surface area contributed by atoms with E-state index in [1.54, 1.807) is 0 Å². The Hall–Kier alpha value is 0.630. The Morgan fingerprint density at radius 2 is 1.14 bits per heavy atom. The topological polar surface area (TPSA) is 12.5 Å². The van der Waals surface area contributed by atoms with E-state index in [0.29, 0.717) is 22.2 Å². The summed E-state index contributed by atoms with van der Waals surface area (Å²) in [6.07, 6.45) is -0.109. The minimum absolute atomic E-state index is 0.109. The van der Waals surface area contributed by atoms with Gasteiger partial charge in [0.1, 0.15) is 6.10 Å². The maximum atomic E-state index is 5.97. The Morgan fingerprint density at radius 1 is 0.786 bits per heavy atom. The summed E-state index contributed by atoms with van der Waals surface area (Å²) in [7, 11) is 0. The summed E-state index contributed by atoms with van der Waals surface area (Å²) < 4.78 is 5.08. The van der Waals surface area contributed by atoms with Crippen molar-refractivity contribution >= 4 is 58.0 Å². The number of rotatable bonds is 1. The monoisotopic (exact) mass is 290 g/mol. The van der Waals surface area contributed by atoms with Crippen molar-refractivity contribution in [2.24, 2.45) is 0 Å². The maximum Gasteiger partial charge on any atom is 0.109 e. The SMILES string of the molecule is Clc1c(Cl)c(Cl)c(C2CO2)c(Cl)c1Cl. The molecule has 6 heteroatoms. The Kier molecular flexibility index (Phi) is 3.09. The van der Waals surface area contributed by atoms with Crippen molar-refractivity contribution in [1.82, 2.24) is 0 Å². The number of epoxide rings is 1. The zero-order chi connectivity index (χ0) is 10.5. The second-order valence-electron chi connectivity index (χ2n) is 2.81. The molecule has 0 N–H and O–H groups in total. The summed E-state index contributed by atoms with van der Waals surface area (Å²) in [6.45, 7) is 0.577. The minimum Gasteiger partial charge on any atom is -0.368 e. The van der Waals surface area contributed by atoms with Crippen LogP contribution in [-0.4, -0.2) is 6.61 Å². The molecule has 76 valence electrons. The van der Waals surface area contributed by atoms with Gasteiger partial charge >= 0.3 is 0 Å². The van der Waals surface area contributed by atoms with Crippen LogP contribution in [0.25, 0.3) is 0 Å². The highest BCUT2D eigenvalue weighted by molar-refractivity contribution is 6.55. The molecule has 1 aliphatic heterocycles. The molecule has 1 atom stereocenters. The first-order valence-corrected chi connectivity index (χ1v) is 5.56. The van der Waals surface area contributed by atoms with Crippen LogP contribution in [-0.2, 0) is 4.74 Å². The third-order valence-electron chi connectivity index (χ3n) is 1.90. The van der Waals surface area contributed by atoms with E-state index in [9.17, 15) is 0 Å². The lowest BCUT2D eigenvalue weighted by atomic mass is 10.1. The number of hydrogen-bond donors (Lipinski definition) is 0. The summed E-state index contributed by atoms with van der Waals surface area (Å²) in [5, 5.41) is 1.23. The highest BCUT2D eigenvalue weighted by Gasteiger charge is 2.33. The van der Waals surface area contributed by atoms with Gasteiger partial charge in [0, 0.05) is 5.56 Å². The molecule has 14 heavy (non-hydrogen) atoms. The van der Waals surface area contributed by atoms with Crippen molar-refractivity contribution < 1.29 is 4.74 Å². The Bertz CT molecular complexity index is 370. The molecule has 0 saturated carbocycles. The molecule has 0 amide bonds. The highest BCUT2D eigenvalue weighted by atomic mass is 35.5. The molecule has 1 aromatic carbocycles. The molecule has 1 fully saturated rings. The molecular weight excluding hydrogens is 289 g/mol. The molecule has 2 rings (SSSR count). The van der Waals surface area contributed by atoms with Gasteiger partial charge in [-0.3, -0.25) is 0 Å². The van der Waals surface area contributed by atoms with Crippen molar-refractivity contribution in [3.05, 3.63) is 30.7 Å². The number of hydrogen-bond acceptors (Lipinski definition) is 1. The predicted molar refractivity (Wildman–Crippen MR) is 60.2 cm³/mol. The molecule has 1 heterocycles. The Balaban J connectivity index is 2.69. The summed E-state index contributed by atoms with van der Waals surface area (Å²) >= 11 is 29.5. The van der Waals surface area contributed by atoms with Crippen LogP contribution >= 0.6 is 58.0 Å². The van der Waals surface area contributed by atoms with Crippen LogP contribution in [0.1, 0.15) is 11.7 Å². The van der Waals surface area contributed by atoms with Crippen molar-refractivity contribution in [3.63, 3.8) is 0 Å². The van der Waals surface area contributed by atoms with Gasteiger partial charge in [0.25, 0.3) is 0 Å². The molecule has 0 bridgehead atoms. The molecule has 1 aliphatic rings. The van der Waals surface area contributed by atoms with Gasteiger partial charge in [-0.1, -0.05) is 58.0 Å². The summed E-state index contributed by atoms with van der Waals surface area (Å²) in [4.78, 5) is 0. The molecule has 1 saturated heterocycles. The summed E-state index contributed by atoms with van der Waals surface area (Å²) in [5.41, 5.74) is 0.618. The van der Waals surface area contributed by atoms with Crippen LogP contribution in [0.3, 0.4) is 0 Å². The van der Waals surface area contributed by atoms with Crippen LogP contribution in [0.2, 0.25) is 25.1 Å². The number of halogens is 5. The van der Waals surface area contributed by atoms with Crippen LogP contribution in [0, 0.1) is 0 Å². The average Bonchev–Trinajstić information content (AvgIpc) is 2.96. The molecule has 1 aromatic rings. The van der Waals surface area contributed by atoms with E-state index in [-0.39, 0.29) is 21.2 Å². The molecule has 0 aliphatic carbocycles. The second kappa shape index (κ2) is 3.89. The lowest BCUT2D eigenvalue weighted by Gasteiger charge is -2.09. The fourth-order valence-corrected chi connectivity index (χ4v) is 2.52. The first-order valence-electron chi connectivity index (χ1n) is 3.67. The standard InChI is InChI=1S/C8H3Cl5O/c9-4-3(2-1-14-2)5(10)7(12)8(13)6(4)11/h2H,1H2. The van der Waals surface area contributed by atoms with Crippen molar-refractivity contribution in [2.75, 3.05) is 6.61 Å². The first-order chi connectivity index (χ1) is 6.54. The smallest absolute Gasteiger partial charge is 0.109 e. The van der Waals surface area contributed by atoms with E-state index in [0.717, 1.165) is 0 Å². The fraction of sp³-hybridized carbons (Fsp3) is 0.250. The number of benzene rings is 1. The maximum absolute atomic E-state index is 5.97.